The Kier molecular flexibility index (Phi) is 3.82. The number of pyridine rings is 1. The smallest absolute Gasteiger partial charge is 0.256 e. The predicted molar refractivity (Wildman–Crippen MR) is 87.3 cm³/mol. The van der Waals surface area contributed by atoms with E-state index in [9.17, 15) is 9.59 Å². The van der Waals surface area contributed by atoms with Crippen LogP contribution in [0.25, 0.3) is 0 Å². The lowest BCUT2D eigenvalue weighted by atomic mass is 9.92. The second-order valence-corrected chi connectivity index (χ2v) is 6.42. The van der Waals surface area contributed by atoms with Gasteiger partial charge in [-0.1, -0.05) is 11.6 Å². The zero-order valence-electron chi connectivity index (χ0n) is 12.7. The van der Waals surface area contributed by atoms with Gasteiger partial charge in [0.25, 0.3) is 5.91 Å². The summed E-state index contributed by atoms with van der Waals surface area (Å²) in [6, 6.07) is 7.98. The van der Waals surface area contributed by atoms with Crippen molar-refractivity contribution in [3.63, 3.8) is 0 Å². The van der Waals surface area contributed by atoms with Crippen LogP contribution in [0, 0.1) is 0 Å². The zero-order chi connectivity index (χ0) is 16.6. The Morgan fingerprint density at radius 3 is 2.83 bits per heavy atom. The minimum absolute atomic E-state index is 0.0354. The highest BCUT2D eigenvalue weighted by molar-refractivity contribution is 6.30. The van der Waals surface area contributed by atoms with E-state index < -0.39 is 5.60 Å². The van der Waals surface area contributed by atoms with E-state index in [-0.39, 0.29) is 18.1 Å². The predicted octanol–water partition coefficient (Wildman–Crippen LogP) is 3.73. The maximum absolute atomic E-state index is 12.3. The van der Waals surface area contributed by atoms with Crippen molar-refractivity contribution in [2.75, 3.05) is 5.32 Å². The lowest BCUT2D eigenvalue weighted by molar-refractivity contribution is 0.0620. The van der Waals surface area contributed by atoms with E-state index in [1.165, 1.54) is 6.20 Å². The van der Waals surface area contributed by atoms with Gasteiger partial charge in [-0.2, -0.15) is 0 Å². The summed E-state index contributed by atoms with van der Waals surface area (Å²) in [6.07, 6.45) is 1.78. The molecule has 2 heterocycles. The first-order valence-electron chi connectivity index (χ1n) is 7.13. The van der Waals surface area contributed by atoms with Gasteiger partial charge in [0.2, 0.25) is 0 Å². The van der Waals surface area contributed by atoms with Gasteiger partial charge < -0.3 is 10.1 Å². The third-order valence-electron chi connectivity index (χ3n) is 3.48. The molecule has 5 nitrogen and oxygen atoms in total. The van der Waals surface area contributed by atoms with Crippen molar-refractivity contribution in [2.45, 2.75) is 25.9 Å². The van der Waals surface area contributed by atoms with Gasteiger partial charge in [-0.15, -0.1) is 0 Å². The molecule has 0 unspecified atom stereocenters. The summed E-state index contributed by atoms with van der Waals surface area (Å²) < 4.78 is 5.78. The number of carbonyl (C=O) groups excluding carboxylic acids is 2. The lowest BCUT2D eigenvalue weighted by Crippen LogP contribution is -2.36. The van der Waals surface area contributed by atoms with Crippen LogP contribution < -0.4 is 10.1 Å². The Hall–Kier alpha value is -2.40. The molecule has 1 aromatic heterocycles. The van der Waals surface area contributed by atoms with Gasteiger partial charge in [0.1, 0.15) is 17.2 Å². The van der Waals surface area contributed by atoms with E-state index in [1.54, 1.807) is 30.3 Å². The molecule has 1 aliphatic rings. The number of nitrogens with zero attached hydrogens (tertiary/aromatic N) is 1. The molecule has 0 aliphatic carbocycles. The molecule has 6 heteroatoms. The molecule has 0 atom stereocenters. The van der Waals surface area contributed by atoms with E-state index in [0.717, 1.165) is 0 Å². The molecule has 0 saturated carbocycles. The van der Waals surface area contributed by atoms with Gasteiger partial charge in [-0.25, -0.2) is 4.98 Å². The molecular weight excluding hydrogens is 316 g/mol. The molecule has 23 heavy (non-hydrogen) atoms. The number of ether oxygens (including phenoxy) is 1. The van der Waals surface area contributed by atoms with Gasteiger partial charge in [-0.05, 0) is 44.2 Å². The SMILES string of the molecule is CC1(C)CC(=O)c2cc(C(=O)Nc3cc(Cl)ccn3)ccc2O1. The van der Waals surface area contributed by atoms with Crippen LogP contribution in [0.4, 0.5) is 5.82 Å². The molecule has 0 spiro atoms. The van der Waals surface area contributed by atoms with Gasteiger partial charge in [0.05, 0.1) is 12.0 Å². The molecule has 3 rings (SSSR count). The Labute approximate surface area is 138 Å². The van der Waals surface area contributed by atoms with Crippen LogP contribution in [0.2, 0.25) is 5.02 Å². The number of nitrogens with one attached hydrogen (secondary N) is 1. The molecular formula is C17H15ClN2O3. The summed E-state index contributed by atoms with van der Waals surface area (Å²) in [6.45, 7) is 3.72. The highest BCUT2D eigenvalue weighted by atomic mass is 35.5. The number of rotatable bonds is 2. The van der Waals surface area contributed by atoms with Gasteiger partial charge in [0, 0.05) is 16.8 Å². The number of hydrogen-bond acceptors (Lipinski definition) is 4. The van der Waals surface area contributed by atoms with Crippen LogP contribution in [0.3, 0.4) is 0 Å². The summed E-state index contributed by atoms with van der Waals surface area (Å²) in [5.41, 5.74) is 0.261. The molecule has 1 amide bonds. The molecule has 1 aromatic carbocycles. The summed E-state index contributed by atoms with van der Waals surface area (Å²) in [4.78, 5) is 28.6. The van der Waals surface area contributed by atoms with E-state index >= 15 is 0 Å². The lowest BCUT2D eigenvalue weighted by Gasteiger charge is -2.31. The maximum atomic E-state index is 12.3. The number of hydrogen-bond donors (Lipinski definition) is 1. The number of halogens is 1. The third-order valence-corrected chi connectivity index (χ3v) is 3.71. The summed E-state index contributed by atoms with van der Waals surface area (Å²) in [5, 5.41) is 3.13. The van der Waals surface area contributed by atoms with Crippen LogP contribution >= 0.6 is 11.6 Å². The number of amides is 1. The van der Waals surface area contributed by atoms with Crippen molar-refractivity contribution in [2.24, 2.45) is 0 Å². The fourth-order valence-electron chi connectivity index (χ4n) is 2.46. The largest absolute Gasteiger partial charge is 0.487 e. The van der Waals surface area contributed by atoms with Crippen LogP contribution in [-0.2, 0) is 0 Å². The monoisotopic (exact) mass is 330 g/mol. The van der Waals surface area contributed by atoms with Gasteiger partial charge >= 0.3 is 0 Å². The Morgan fingerprint density at radius 2 is 2.09 bits per heavy atom. The summed E-state index contributed by atoms with van der Waals surface area (Å²) in [7, 11) is 0. The van der Waals surface area contributed by atoms with Crippen molar-refractivity contribution in [3.8, 4) is 5.75 Å². The number of aromatic nitrogens is 1. The average molecular weight is 331 g/mol. The van der Waals surface area contributed by atoms with E-state index in [1.807, 2.05) is 13.8 Å². The quantitative estimate of drug-likeness (QED) is 0.911. The number of benzene rings is 1. The molecule has 0 saturated heterocycles. The van der Waals surface area contributed by atoms with E-state index in [4.69, 9.17) is 16.3 Å². The number of ketones is 1. The third kappa shape index (κ3) is 3.35. The fraction of sp³-hybridized carbons (Fsp3) is 0.235. The minimum atomic E-state index is -0.529. The molecule has 2 aromatic rings. The van der Waals surface area contributed by atoms with Crippen molar-refractivity contribution < 1.29 is 14.3 Å². The highest BCUT2D eigenvalue weighted by Crippen LogP contribution is 2.33. The molecule has 1 N–H and O–H groups in total. The minimum Gasteiger partial charge on any atom is -0.487 e. The van der Waals surface area contributed by atoms with Gasteiger partial charge in [-0.3, -0.25) is 9.59 Å². The summed E-state index contributed by atoms with van der Waals surface area (Å²) in [5.74, 6) is 0.458. The van der Waals surface area contributed by atoms with Crippen LogP contribution in [0.1, 0.15) is 41.0 Å². The average Bonchev–Trinajstić information content (AvgIpc) is 2.45. The highest BCUT2D eigenvalue weighted by Gasteiger charge is 2.32. The summed E-state index contributed by atoms with van der Waals surface area (Å²) >= 11 is 5.86. The number of anilines is 1. The normalized spacial score (nSPS) is 15.5. The Morgan fingerprint density at radius 1 is 1.30 bits per heavy atom. The number of fused-ring (bicyclic) bond motifs is 1. The number of carbonyl (C=O) groups is 2. The molecule has 1 aliphatic heterocycles. The van der Waals surface area contributed by atoms with Crippen LogP contribution in [0.5, 0.6) is 5.75 Å². The first kappa shape index (κ1) is 15.5. The van der Waals surface area contributed by atoms with E-state index in [0.29, 0.717) is 27.7 Å². The molecule has 0 fully saturated rings. The number of Topliss-reactive ketones (excluding diaryl/α,β-unsaturated/α-hetero) is 1. The van der Waals surface area contributed by atoms with Crippen molar-refractivity contribution >= 4 is 29.1 Å². The molecule has 0 bridgehead atoms. The molecule has 0 radical (unpaired) electrons. The topological polar surface area (TPSA) is 68.3 Å². The maximum Gasteiger partial charge on any atom is 0.256 e. The van der Waals surface area contributed by atoms with Crippen molar-refractivity contribution in [1.82, 2.24) is 4.98 Å². The van der Waals surface area contributed by atoms with Crippen LogP contribution in [0.15, 0.2) is 36.5 Å². The molecule has 118 valence electrons. The second kappa shape index (κ2) is 5.66. The first-order chi connectivity index (χ1) is 10.8. The fourth-order valence-corrected chi connectivity index (χ4v) is 2.62. The Balaban J connectivity index is 1.86. The first-order valence-corrected chi connectivity index (χ1v) is 7.51. The van der Waals surface area contributed by atoms with Crippen molar-refractivity contribution in [1.29, 1.82) is 0 Å². The standard InChI is InChI=1S/C17H15ClN2O3/c1-17(2)9-13(21)12-7-10(3-4-14(12)23-17)16(22)20-15-8-11(18)5-6-19-15/h3-8H,9H2,1-2H3,(H,19,20,22). The van der Waals surface area contributed by atoms with E-state index in [2.05, 4.69) is 10.3 Å². The van der Waals surface area contributed by atoms with Crippen LogP contribution in [-0.4, -0.2) is 22.3 Å². The Bertz CT molecular complexity index is 802. The zero-order valence-corrected chi connectivity index (χ0v) is 13.5. The second-order valence-electron chi connectivity index (χ2n) is 5.99. The van der Waals surface area contributed by atoms with Gasteiger partial charge in [0.15, 0.2) is 5.78 Å². The van der Waals surface area contributed by atoms with Crippen molar-refractivity contribution in [3.05, 3.63) is 52.7 Å².